The van der Waals surface area contributed by atoms with E-state index < -0.39 is 0 Å². The van der Waals surface area contributed by atoms with Gasteiger partial charge < -0.3 is 10.6 Å². The Hall–Kier alpha value is -0.570. The van der Waals surface area contributed by atoms with Gasteiger partial charge in [0, 0.05) is 13.1 Å². The van der Waals surface area contributed by atoms with Crippen molar-refractivity contribution < 1.29 is 4.79 Å². The van der Waals surface area contributed by atoms with Gasteiger partial charge in [-0.3, -0.25) is 4.79 Å². The summed E-state index contributed by atoms with van der Waals surface area (Å²) in [5.41, 5.74) is 5.84. The number of hydrogen-bond acceptors (Lipinski definition) is 2. The molecule has 0 aliphatic carbocycles. The van der Waals surface area contributed by atoms with Crippen molar-refractivity contribution in [1.82, 2.24) is 4.90 Å². The highest BCUT2D eigenvalue weighted by Gasteiger charge is 2.32. The fraction of sp³-hybridized carbons (Fsp3) is 0.909. The van der Waals surface area contributed by atoms with E-state index in [1.807, 2.05) is 18.7 Å². The van der Waals surface area contributed by atoms with E-state index >= 15 is 0 Å². The van der Waals surface area contributed by atoms with Gasteiger partial charge in [-0.1, -0.05) is 27.7 Å². The normalized spacial score (nSPS) is 29.7. The Morgan fingerprint density at radius 1 is 1.29 bits per heavy atom. The Morgan fingerprint density at radius 2 is 1.71 bits per heavy atom. The fourth-order valence-electron chi connectivity index (χ4n) is 1.81. The molecule has 0 aromatic carbocycles. The molecule has 1 amide bonds. The Kier molecular flexibility index (Phi) is 3.53. The molecule has 14 heavy (non-hydrogen) atoms. The number of carbonyl (C=O) groups excluding carboxylic acids is 1. The van der Waals surface area contributed by atoms with E-state index in [1.165, 1.54) is 0 Å². The molecule has 2 unspecified atom stereocenters. The summed E-state index contributed by atoms with van der Waals surface area (Å²) in [7, 11) is 0. The van der Waals surface area contributed by atoms with Crippen molar-refractivity contribution in [1.29, 1.82) is 0 Å². The lowest BCUT2D eigenvalue weighted by Crippen LogP contribution is -2.45. The van der Waals surface area contributed by atoms with Crippen LogP contribution in [0.4, 0.5) is 0 Å². The second-order valence-corrected chi connectivity index (χ2v) is 4.97. The third kappa shape index (κ3) is 2.27. The lowest BCUT2D eigenvalue weighted by molar-refractivity contribution is -0.132. The SMILES string of the molecule is CC1CN(C(=O)[C@H](N)C(C)C)CC1C. The van der Waals surface area contributed by atoms with Gasteiger partial charge in [0.15, 0.2) is 0 Å². The Morgan fingerprint density at radius 3 is 2.07 bits per heavy atom. The van der Waals surface area contributed by atoms with Crippen molar-refractivity contribution in [3.8, 4) is 0 Å². The first-order chi connectivity index (χ1) is 6.43. The zero-order valence-electron chi connectivity index (χ0n) is 9.66. The van der Waals surface area contributed by atoms with E-state index in [0.29, 0.717) is 11.8 Å². The van der Waals surface area contributed by atoms with Gasteiger partial charge in [0.1, 0.15) is 0 Å². The van der Waals surface area contributed by atoms with Crippen molar-refractivity contribution in [3.05, 3.63) is 0 Å². The summed E-state index contributed by atoms with van der Waals surface area (Å²) in [6, 6.07) is -0.326. The lowest BCUT2D eigenvalue weighted by Gasteiger charge is -2.22. The molecule has 82 valence electrons. The summed E-state index contributed by atoms with van der Waals surface area (Å²) in [5.74, 6) is 1.57. The highest BCUT2D eigenvalue weighted by atomic mass is 16.2. The molecule has 3 atom stereocenters. The van der Waals surface area contributed by atoms with Crippen molar-refractivity contribution in [2.24, 2.45) is 23.5 Å². The van der Waals surface area contributed by atoms with Crippen molar-refractivity contribution >= 4 is 5.91 Å². The number of likely N-dealkylation sites (tertiary alicyclic amines) is 1. The van der Waals surface area contributed by atoms with E-state index in [1.54, 1.807) is 0 Å². The number of carbonyl (C=O) groups is 1. The molecule has 1 heterocycles. The van der Waals surface area contributed by atoms with E-state index in [2.05, 4.69) is 13.8 Å². The topological polar surface area (TPSA) is 46.3 Å². The van der Waals surface area contributed by atoms with Crippen molar-refractivity contribution in [3.63, 3.8) is 0 Å². The molecule has 1 rings (SSSR count). The predicted molar refractivity (Wildman–Crippen MR) is 57.7 cm³/mol. The minimum Gasteiger partial charge on any atom is -0.341 e. The molecule has 3 nitrogen and oxygen atoms in total. The van der Waals surface area contributed by atoms with Crippen LogP contribution in [0.2, 0.25) is 0 Å². The minimum absolute atomic E-state index is 0.121. The summed E-state index contributed by atoms with van der Waals surface area (Å²) < 4.78 is 0. The second-order valence-electron chi connectivity index (χ2n) is 4.97. The van der Waals surface area contributed by atoms with Crippen LogP contribution < -0.4 is 5.73 Å². The van der Waals surface area contributed by atoms with Gasteiger partial charge in [-0.25, -0.2) is 0 Å². The third-order valence-electron chi connectivity index (χ3n) is 3.30. The summed E-state index contributed by atoms with van der Waals surface area (Å²) in [6.45, 7) is 10.1. The maximum absolute atomic E-state index is 11.9. The summed E-state index contributed by atoms with van der Waals surface area (Å²) in [5, 5.41) is 0. The van der Waals surface area contributed by atoms with Crippen LogP contribution in [-0.4, -0.2) is 29.9 Å². The second kappa shape index (κ2) is 4.30. The molecular weight excluding hydrogens is 176 g/mol. The Bertz CT molecular complexity index is 205. The van der Waals surface area contributed by atoms with Gasteiger partial charge in [-0.05, 0) is 17.8 Å². The highest BCUT2D eigenvalue weighted by molar-refractivity contribution is 5.82. The number of amides is 1. The number of rotatable bonds is 2. The molecule has 0 aromatic rings. The van der Waals surface area contributed by atoms with Gasteiger partial charge in [-0.15, -0.1) is 0 Å². The maximum Gasteiger partial charge on any atom is 0.239 e. The minimum atomic E-state index is -0.326. The highest BCUT2D eigenvalue weighted by Crippen LogP contribution is 2.23. The van der Waals surface area contributed by atoms with Crippen LogP contribution in [0.15, 0.2) is 0 Å². The average Bonchev–Trinajstić information content (AvgIpc) is 2.44. The molecule has 0 saturated carbocycles. The summed E-state index contributed by atoms with van der Waals surface area (Å²) in [4.78, 5) is 13.8. The maximum atomic E-state index is 11.9. The van der Waals surface area contributed by atoms with Gasteiger partial charge in [0.25, 0.3) is 0 Å². The standard InChI is InChI=1S/C11H22N2O/c1-7(2)10(12)11(14)13-5-8(3)9(4)6-13/h7-10H,5-6,12H2,1-4H3/t8?,9?,10-/m1/s1. The molecule has 1 aliphatic rings. The number of hydrogen-bond donors (Lipinski definition) is 1. The van der Waals surface area contributed by atoms with Crippen LogP contribution in [-0.2, 0) is 4.79 Å². The zero-order valence-corrected chi connectivity index (χ0v) is 9.66. The van der Waals surface area contributed by atoms with Crippen LogP contribution >= 0.6 is 0 Å². The van der Waals surface area contributed by atoms with Gasteiger partial charge >= 0.3 is 0 Å². The lowest BCUT2D eigenvalue weighted by atomic mass is 10.0. The van der Waals surface area contributed by atoms with Crippen molar-refractivity contribution in [2.45, 2.75) is 33.7 Å². The molecule has 0 aromatic heterocycles. The summed E-state index contributed by atoms with van der Waals surface area (Å²) in [6.07, 6.45) is 0. The number of nitrogens with zero attached hydrogens (tertiary/aromatic N) is 1. The van der Waals surface area contributed by atoms with Crippen molar-refractivity contribution in [2.75, 3.05) is 13.1 Å². The zero-order chi connectivity index (χ0) is 10.9. The van der Waals surface area contributed by atoms with E-state index in [0.717, 1.165) is 13.1 Å². The number of nitrogens with two attached hydrogens (primary N) is 1. The van der Waals surface area contributed by atoms with Crippen LogP contribution in [0, 0.1) is 17.8 Å². The van der Waals surface area contributed by atoms with Gasteiger partial charge in [0.2, 0.25) is 5.91 Å². The quantitative estimate of drug-likeness (QED) is 0.722. The average molecular weight is 198 g/mol. The Labute approximate surface area is 86.6 Å². The van der Waals surface area contributed by atoms with Crippen LogP contribution in [0.5, 0.6) is 0 Å². The molecule has 0 bridgehead atoms. The first kappa shape index (κ1) is 11.5. The molecule has 1 saturated heterocycles. The molecule has 1 fully saturated rings. The van der Waals surface area contributed by atoms with E-state index in [-0.39, 0.29) is 17.9 Å². The molecule has 0 radical (unpaired) electrons. The summed E-state index contributed by atoms with van der Waals surface area (Å²) >= 11 is 0. The smallest absolute Gasteiger partial charge is 0.239 e. The van der Waals surface area contributed by atoms with Gasteiger partial charge in [0.05, 0.1) is 6.04 Å². The fourth-order valence-corrected chi connectivity index (χ4v) is 1.81. The monoisotopic (exact) mass is 198 g/mol. The van der Waals surface area contributed by atoms with E-state index in [9.17, 15) is 4.79 Å². The molecule has 1 aliphatic heterocycles. The molecule has 2 N–H and O–H groups in total. The first-order valence-corrected chi connectivity index (χ1v) is 5.47. The van der Waals surface area contributed by atoms with Crippen LogP contribution in [0.1, 0.15) is 27.7 Å². The first-order valence-electron chi connectivity index (χ1n) is 5.47. The largest absolute Gasteiger partial charge is 0.341 e. The van der Waals surface area contributed by atoms with E-state index in [4.69, 9.17) is 5.73 Å². The Balaban J connectivity index is 2.55. The predicted octanol–water partition coefficient (Wildman–Crippen LogP) is 1.08. The van der Waals surface area contributed by atoms with Crippen LogP contribution in [0.3, 0.4) is 0 Å². The van der Waals surface area contributed by atoms with Gasteiger partial charge in [-0.2, -0.15) is 0 Å². The van der Waals surface area contributed by atoms with Crippen LogP contribution in [0.25, 0.3) is 0 Å². The molecule has 3 heteroatoms. The molecular formula is C11H22N2O. The molecule has 0 spiro atoms. The third-order valence-corrected chi connectivity index (χ3v) is 3.30.